The largest absolute Gasteiger partial charge is 0.369 e. The molecule has 130 valence electrons. The number of nitrogens with zero attached hydrogens (tertiary/aromatic N) is 2. The van der Waals surface area contributed by atoms with E-state index < -0.39 is 0 Å². The van der Waals surface area contributed by atoms with Crippen molar-refractivity contribution < 1.29 is 9.13 Å². The van der Waals surface area contributed by atoms with Gasteiger partial charge < -0.3 is 14.6 Å². The average Bonchev–Trinajstić information content (AvgIpc) is 3.00. The summed E-state index contributed by atoms with van der Waals surface area (Å²) in [6.45, 7) is 2.93. The van der Waals surface area contributed by atoms with Crippen LogP contribution in [0, 0.1) is 5.82 Å². The Balaban J connectivity index is 1.59. The van der Waals surface area contributed by atoms with Gasteiger partial charge in [-0.15, -0.1) is 0 Å². The van der Waals surface area contributed by atoms with Crippen molar-refractivity contribution in [2.45, 2.75) is 50.8 Å². The zero-order valence-electron chi connectivity index (χ0n) is 14.4. The van der Waals surface area contributed by atoms with Gasteiger partial charge in [0, 0.05) is 38.1 Å². The first-order valence-electron chi connectivity index (χ1n) is 8.73. The van der Waals surface area contributed by atoms with E-state index in [1.165, 1.54) is 6.07 Å². The molecular formula is C19H26FN3O. The van der Waals surface area contributed by atoms with Gasteiger partial charge in [-0.05, 0) is 44.2 Å². The molecule has 5 heteroatoms. The normalized spacial score (nSPS) is 22.5. The lowest BCUT2D eigenvalue weighted by atomic mass is 9.99. The lowest BCUT2D eigenvalue weighted by Gasteiger charge is -2.34. The van der Waals surface area contributed by atoms with Crippen molar-refractivity contribution in [1.29, 1.82) is 0 Å². The summed E-state index contributed by atoms with van der Waals surface area (Å²) in [5.74, 6) is 0.852. The summed E-state index contributed by atoms with van der Waals surface area (Å²) in [6, 6.07) is 7.55. The summed E-state index contributed by atoms with van der Waals surface area (Å²) in [7, 11) is 2.00. The second-order valence-corrected chi connectivity index (χ2v) is 6.63. The van der Waals surface area contributed by atoms with Crippen LogP contribution in [0.3, 0.4) is 0 Å². The van der Waals surface area contributed by atoms with E-state index in [1.54, 1.807) is 6.07 Å². The molecule has 24 heavy (non-hydrogen) atoms. The van der Waals surface area contributed by atoms with Crippen LogP contribution < -0.4 is 5.32 Å². The Labute approximate surface area is 143 Å². The number of nitrogens with one attached hydrogen (secondary N) is 1. The molecule has 0 spiro atoms. The number of ether oxygens (including phenoxy) is 1. The summed E-state index contributed by atoms with van der Waals surface area (Å²) in [6.07, 6.45) is 7.50. The molecule has 1 aromatic heterocycles. The molecule has 2 aromatic rings. The molecule has 4 nitrogen and oxygen atoms in total. The maximum absolute atomic E-state index is 13.7. The smallest absolute Gasteiger partial charge is 0.139 e. The highest BCUT2D eigenvalue weighted by molar-refractivity contribution is 5.17. The van der Waals surface area contributed by atoms with Crippen LogP contribution in [0.15, 0.2) is 36.7 Å². The second-order valence-electron chi connectivity index (χ2n) is 6.63. The first kappa shape index (κ1) is 17.1. The molecule has 0 bridgehead atoms. The summed E-state index contributed by atoms with van der Waals surface area (Å²) >= 11 is 0. The maximum atomic E-state index is 13.7. The summed E-state index contributed by atoms with van der Waals surface area (Å²) in [5, 5.41) is 3.67. The fraction of sp³-hybridized carbons (Fsp3) is 0.526. The molecule has 1 fully saturated rings. The Morgan fingerprint density at radius 1 is 1.42 bits per heavy atom. The molecule has 1 unspecified atom stereocenters. The van der Waals surface area contributed by atoms with Crippen molar-refractivity contribution in [2.75, 3.05) is 6.61 Å². The van der Waals surface area contributed by atoms with Crippen LogP contribution >= 0.6 is 0 Å². The molecule has 0 amide bonds. The lowest BCUT2D eigenvalue weighted by molar-refractivity contribution is -0.0201. The average molecular weight is 331 g/mol. The number of imidazole rings is 1. The highest BCUT2D eigenvalue weighted by Crippen LogP contribution is 2.27. The van der Waals surface area contributed by atoms with Gasteiger partial charge in [0.1, 0.15) is 17.7 Å². The van der Waals surface area contributed by atoms with Crippen molar-refractivity contribution in [3.8, 4) is 0 Å². The van der Waals surface area contributed by atoms with E-state index in [0.29, 0.717) is 6.04 Å². The molecule has 1 aromatic carbocycles. The molecule has 1 aliphatic rings. The Hall–Kier alpha value is -1.72. The van der Waals surface area contributed by atoms with Gasteiger partial charge in [-0.3, -0.25) is 0 Å². The van der Waals surface area contributed by atoms with E-state index in [0.717, 1.165) is 43.7 Å². The minimum Gasteiger partial charge on any atom is -0.369 e. The lowest BCUT2D eigenvalue weighted by Crippen LogP contribution is -2.44. The first-order chi connectivity index (χ1) is 11.6. The molecular weight excluding hydrogens is 305 g/mol. The van der Waals surface area contributed by atoms with E-state index >= 15 is 0 Å². The van der Waals surface area contributed by atoms with Crippen LogP contribution in [0.4, 0.5) is 4.39 Å². The third-order valence-corrected chi connectivity index (χ3v) is 4.74. The highest BCUT2D eigenvalue weighted by atomic mass is 19.1. The topological polar surface area (TPSA) is 39.1 Å². The van der Waals surface area contributed by atoms with Crippen LogP contribution in [0.2, 0.25) is 0 Å². The Morgan fingerprint density at radius 2 is 2.25 bits per heavy atom. The number of benzene rings is 1. The van der Waals surface area contributed by atoms with Crippen molar-refractivity contribution in [2.24, 2.45) is 7.05 Å². The van der Waals surface area contributed by atoms with Crippen molar-refractivity contribution >= 4 is 0 Å². The molecule has 0 saturated carbocycles. The standard InChI is InChI=1S/C19H26FN3O/c1-14(9-10-15-6-3-4-7-16(15)20)22-17-8-5-13-24-18(17)19-21-11-12-23(19)2/h3-4,6-7,11-12,14,17-18,22H,5,8-10,13H2,1-2H3/t14?,17-,18-/m0/s1. The number of rotatable bonds is 6. The van der Waals surface area contributed by atoms with Crippen LogP contribution in [-0.4, -0.2) is 28.2 Å². The van der Waals surface area contributed by atoms with Gasteiger partial charge in [0.25, 0.3) is 0 Å². The molecule has 1 aliphatic heterocycles. The Morgan fingerprint density at radius 3 is 3.00 bits per heavy atom. The van der Waals surface area contributed by atoms with E-state index in [4.69, 9.17) is 4.74 Å². The molecule has 0 radical (unpaired) electrons. The van der Waals surface area contributed by atoms with Gasteiger partial charge in [-0.2, -0.15) is 0 Å². The van der Waals surface area contributed by atoms with Crippen LogP contribution in [0.1, 0.15) is 43.7 Å². The fourth-order valence-electron chi connectivity index (χ4n) is 3.38. The first-order valence-corrected chi connectivity index (χ1v) is 8.73. The zero-order chi connectivity index (χ0) is 16.9. The summed E-state index contributed by atoms with van der Waals surface area (Å²) in [5.41, 5.74) is 0.784. The number of aromatic nitrogens is 2. The quantitative estimate of drug-likeness (QED) is 0.882. The SMILES string of the molecule is CC(CCc1ccccc1F)N[C@H]1CCCO[C@@H]1c1nccn1C. The van der Waals surface area contributed by atoms with E-state index in [9.17, 15) is 4.39 Å². The Bertz CT molecular complexity index is 658. The summed E-state index contributed by atoms with van der Waals surface area (Å²) in [4.78, 5) is 4.45. The third kappa shape index (κ3) is 4.02. The van der Waals surface area contributed by atoms with Crippen LogP contribution in [0.5, 0.6) is 0 Å². The van der Waals surface area contributed by atoms with E-state index in [-0.39, 0.29) is 18.0 Å². The fourth-order valence-corrected chi connectivity index (χ4v) is 3.38. The molecule has 1 saturated heterocycles. The van der Waals surface area contributed by atoms with Crippen molar-refractivity contribution in [1.82, 2.24) is 14.9 Å². The third-order valence-electron chi connectivity index (χ3n) is 4.74. The van der Waals surface area contributed by atoms with Gasteiger partial charge in [-0.25, -0.2) is 9.37 Å². The molecule has 3 atom stereocenters. The van der Waals surface area contributed by atoms with E-state index in [2.05, 4.69) is 17.2 Å². The zero-order valence-corrected chi connectivity index (χ0v) is 14.4. The number of halogens is 1. The monoisotopic (exact) mass is 331 g/mol. The van der Waals surface area contributed by atoms with Gasteiger partial charge in [0.05, 0.1) is 0 Å². The van der Waals surface area contributed by atoms with Crippen LogP contribution in [0.25, 0.3) is 0 Å². The molecule has 0 aliphatic carbocycles. The minimum atomic E-state index is -0.114. The number of aryl methyl sites for hydroxylation is 2. The molecule has 1 N–H and O–H groups in total. The van der Waals surface area contributed by atoms with Gasteiger partial charge in [0.15, 0.2) is 0 Å². The Kier molecular flexibility index (Phi) is 5.63. The van der Waals surface area contributed by atoms with Gasteiger partial charge >= 0.3 is 0 Å². The number of hydrogen-bond acceptors (Lipinski definition) is 3. The summed E-state index contributed by atoms with van der Waals surface area (Å²) < 4.78 is 21.8. The van der Waals surface area contributed by atoms with Crippen LogP contribution in [-0.2, 0) is 18.2 Å². The maximum Gasteiger partial charge on any atom is 0.139 e. The predicted molar refractivity (Wildman–Crippen MR) is 92.2 cm³/mol. The van der Waals surface area contributed by atoms with E-state index in [1.807, 2.05) is 36.1 Å². The second kappa shape index (κ2) is 7.90. The highest BCUT2D eigenvalue weighted by Gasteiger charge is 2.30. The predicted octanol–water partition coefficient (Wildman–Crippen LogP) is 3.39. The number of hydrogen-bond donors (Lipinski definition) is 1. The van der Waals surface area contributed by atoms with Gasteiger partial charge in [0.2, 0.25) is 0 Å². The van der Waals surface area contributed by atoms with Gasteiger partial charge in [-0.1, -0.05) is 18.2 Å². The minimum absolute atomic E-state index is 0.0188. The molecule has 2 heterocycles. The molecule has 3 rings (SSSR count). The van der Waals surface area contributed by atoms with Crippen molar-refractivity contribution in [3.05, 3.63) is 53.9 Å². The van der Waals surface area contributed by atoms with Crippen molar-refractivity contribution in [3.63, 3.8) is 0 Å².